The van der Waals surface area contributed by atoms with Gasteiger partial charge in [-0.2, -0.15) is 0 Å². The zero-order valence-electron chi connectivity index (χ0n) is 8.03. The summed E-state index contributed by atoms with van der Waals surface area (Å²) in [4.78, 5) is 8.46. The molecular formula is C10H10ClN3O. The number of pyridine rings is 1. The van der Waals surface area contributed by atoms with Gasteiger partial charge in [-0.05, 0) is 25.5 Å². The van der Waals surface area contributed by atoms with E-state index in [-0.39, 0.29) is 6.04 Å². The van der Waals surface area contributed by atoms with Gasteiger partial charge in [0.25, 0.3) is 0 Å². The molecule has 1 aliphatic heterocycles. The highest BCUT2D eigenvalue weighted by Crippen LogP contribution is 2.25. The number of nitrogens with one attached hydrogen (secondary N) is 1. The minimum Gasteiger partial charge on any atom is -0.421 e. The smallest absolute Gasteiger partial charge is 0.247 e. The van der Waals surface area contributed by atoms with Gasteiger partial charge < -0.3 is 9.73 Å². The van der Waals surface area contributed by atoms with Gasteiger partial charge in [-0.15, -0.1) is 0 Å². The molecule has 4 nitrogen and oxygen atoms in total. The molecule has 0 saturated carbocycles. The summed E-state index contributed by atoms with van der Waals surface area (Å²) >= 11 is 5.83. The largest absolute Gasteiger partial charge is 0.421 e. The Kier molecular flexibility index (Phi) is 2.11. The van der Waals surface area contributed by atoms with Crippen LogP contribution in [-0.4, -0.2) is 16.5 Å². The Hall–Kier alpha value is -1.13. The standard InChI is InChI=1S/C10H10ClN3O/c11-6-4-8-9(13-5-6)15-10(14-8)7-2-1-3-12-7/h4-5,7,12H,1-3H2. The molecule has 0 radical (unpaired) electrons. The van der Waals surface area contributed by atoms with Gasteiger partial charge in [0.2, 0.25) is 11.6 Å². The quantitative estimate of drug-likeness (QED) is 0.806. The third-order valence-electron chi connectivity index (χ3n) is 2.59. The lowest BCUT2D eigenvalue weighted by Gasteiger charge is -2.02. The van der Waals surface area contributed by atoms with Crippen molar-refractivity contribution in [2.45, 2.75) is 18.9 Å². The van der Waals surface area contributed by atoms with Gasteiger partial charge in [0.1, 0.15) is 5.52 Å². The maximum atomic E-state index is 5.83. The van der Waals surface area contributed by atoms with Crippen LogP contribution in [0.2, 0.25) is 5.02 Å². The molecule has 0 amide bonds. The number of nitrogens with zero attached hydrogens (tertiary/aromatic N) is 2. The van der Waals surface area contributed by atoms with E-state index in [0.717, 1.165) is 30.8 Å². The number of oxazole rings is 1. The summed E-state index contributed by atoms with van der Waals surface area (Å²) in [6.07, 6.45) is 3.80. The van der Waals surface area contributed by atoms with Crippen LogP contribution in [0.25, 0.3) is 11.2 Å². The second kappa shape index (κ2) is 3.47. The first-order chi connectivity index (χ1) is 7.33. The summed E-state index contributed by atoms with van der Waals surface area (Å²) in [6.45, 7) is 1.03. The average molecular weight is 224 g/mol. The molecule has 1 aliphatic rings. The monoisotopic (exact) mass is 223 g/mol. The minimum atomic E-state index is 0.234. The van der Waals surface area contributed by atoms with Gasteiger partial charge in [0.15, 0.2) is 0 Å². The third kappa shape index (κ3) is 1.60. The highest BCUT2D eigenvalue weighted by molar-refractivity contribution is 6.30. The van der Waals surface area contributed by atoms with Crippen molar-refractivity contribution in [2.75, 3.05) is 6.54 Å². The van der Waals surface area contributed by atoms with Crippen molar-refractivity contribution in [3.05, 3.63) is 23.2 Å². The summed E-state index contributed by atoms with van der Waals surface area (Å²) in [5.41, 5.74) is 1.29. The molecule has 0 aliphatic carbocycles. The van der Waals surface area contributed by atoms with Crippen LogP contribution in [-0.2, 0) is 0 Å². The van der Waals surface area contributed by atoms with Crippen LogP contribution in [0, 0.1) is 0 Å². The van der Waals surface area contributed by atoms with Crippen LogP contribution in [0.4, 0.5) is 0 Å². The summed E-state index contributed by atoms with van der Waals surface area (Å²) in [5, 5.41) is 3.92. The molecule has 1 atom stereocenters. The maximum Gasteiger partial charge on any atom is 0.247 e. The molecule has 0 aromatic carbocycles. The van der Waals surface area contributed by atoms with Gasteiger partial charge in [0.05, 0.1) is 11.1 Å². The number of aromatic nitrogens is 2. The zero-order chi connectivity index (χ0) is 10.3. The summed E-state index contributed by atoms with van der Waals surface area (Å²) in [7, 11) is 0. The van der Waals surface area contributed by atoms with Gasteiger partial charge in [-0.1, -0.05) is 11.6 Å². The second-order valence-electron chi connectivity index (χ2n) is 3.68. The lowest BCUT2D eigenvalue weighted by Crippen LogP contribution is -2.12. The van der Waals surface area contributed by atoms with Crippen LogP contribution >= 0.6 is 11.6 Å². The van der Waals surface area contributed by atoms with Gasteiger partial charge in [0, 0.05) is 6.20 Å². The maximum absolute atomic E-state index is 5.83. The molecule has 0 spiro atoms. The molecule has 2 aromatic rings. The van der Waals surface area contributed by atoms with Crippen LogP contribution in [0.3, 0.4) is 0 Å². The Labute approximate surface area is 91.7 Å². The fraction of sp³-hybridized carbons (Fsp3) is 0.400. The Morgan fingerprint density at radius 3 is 3.27 bits per heavy atom. The van der Waals surface area contributed by atoms with E-state index in [0.29, 0.717) is 10.7 Å². The van der Waals surface area contributed by atoms with Crippen molar-refractivity contribution in [3.63, 3.8) is 0 Å². The molecule has 1 N–H and O–H groups in total. The van der Waals surface area contributed by atoms with Gasteiger partial charge in [-0.3, -0.25) is 0 Å². The molecule has 1 unspecified atom stereocenters. The number of rotatable bonds is 1. The van der Waals surface area contributed by atoms with Gasteiger partial charge >= 0.3 is 0 Å². The lowest BCUT2D eigenvalue weighted by atomic mass is 10.2. The fourth-order valence-corrected chi connectivity index (χ4v) is 2.01. The normalized spacial score (nSPS) is 21.3. The number of fused-ring (bicyclic) bond motifs is 1. The molecule has 0 bridgehead atoms. The van der Waals surface area contributed by atoms with Crippen LogP contribution < -0.4 is 5.32 Å². The predicted molar refractivity (Wildman–Crippen MR) is 56.8 cm³/mol. The predicted octanol–water partition coefficient (Wildman–Crippen LogP) is 2.30. The first kappa shape index (κ1) is 9.12. The average Bonchev–Trinajstić information content (AvgIpc) is 2.84. The van der Waals surface area contributed by atoms with Crippen molar-refractivity contribution in [1.29, 1.82) is 0 Å². The summed E-state index contributed by atoms with van der Waals surface area (Å²) in [5.74, 6) is 0.720. The van der Waals surface area contributed by atoms with Crippen molar-refractivity contribution in [3.8, 4) is 0 Å². The van der Waals surface area contributed by atoms with E-state index in [9.17, 15) is 0 Å². The molecule has 2 aromatic heterocycles. The summed E-state index contributed by atoms with van der Waals surface area (Å²) < 4.78 is 5.56. The van der Waals surface area contributed by atoms with Crippen LogP contribution in [0.15, 0.2) is 16.7 Å². The first-order valence-corrected chi connectivity index (χ1v) is 5.36. The van der Waals surface area contributed by atoms with Crippen molar-refractivity contribution < 1.29 is 4.42 Å². The number of hydrogen-bond acceptors (Lipinski definition) is 4. The summed E-state index contributed by atoms with van der Waals surface area (Å²) in [6, 6.07) is 2.00. The molecular weight excluding hydrogens is 214 g/mol. The van der Waals surface area contributed by atoms with E-state index in [1.165, 1.54) is 0 Å². The van der Waals surface area contributed by atoms with Gasteiger partial charge in [-0.25, -0.2) is 9.97 Å². The Morgan fingerprint density at radius 2 is 2.47 bits per heavy atom. The van der Waals surface area contributed by atoms with E-state index in [1.54, 1.807) is 12.3 Å². The zero-order valence-corrected chi connectivity index (χ0v) is 8.79. The molecule has 5 heteroatoms. The molecule has 78 valence electrons. The van der Waals surface area contributed by atoms with E-state index in [1.807, 2.05) is 0 Å². The van der Waals surface area contributed by atoms with E-state index >= 15 is 0 Å². The molecule has 1 fully saturated rings. The number of hydrogen-bond donors (Lipinski definition) is 1. The first-order valence-electron chi connectivity index (χ1n) is 4.98. The topological polar surface area (TPSA) is 51.0 Å². The Balaban J connectivity index is 2.05. The van der Waals surface area contributed by atoms with Crippen molar-refractivity contribution in [2.24, 2.45) is 0 Å². The van der Waals surface area contributed by atoms with E-state index in [2.05, 4.69) is 15.3 Å². The van der Waals surface area contributed by atoms with Crippen molar-refractivity contribution >= 4 is 22.8 Å². The van der Waals surface area contributed by atoms with Crippen LogP contribution in [0.1, 0.15) is 24.8 Å². The third-order valence-corrected chi connectivity index (χ3v) is 2.80. The Bertz CT molecular complexity index is 490. The molecule has 1 saturated heterocycles. The Morgan fingerprint density at radius 1 is 1.53 bits per heavy atom. The fourth-order valence-electron chi connectivity index (χ4n) is 1.86. The molecule has 3 rings (SSSR count). The van der Waals surface area contributed by atoms with Crippen LogP contribution in [0.5, 0.6) is 0 Å². The lowest BCUT2D eigenvalue weighted by molar-refractivity contribution is 0.447. The minimum absolute atomic E-state index is 0.234. The van der Waals surface area contributed by atoms with E-state index in [4.69, 9.17) is 16.0 Å². The second-order valence-corrected chi connectivity index (χ2v) is 4.12. The molecule has 15 heavy (non-hydrogen) atoms. The highest BCUT2D eigenvalue weighted by atomic mass is 35.5. The van der Waals surface area contributed by atoms with Crippen molar-refractivity contribution in [1.82, 2.24) is 15.3 Å². The number of halogens is 1. The highest BCUT2D eigenvalue weighted by Gasteiger charge is 2.21. The molecule has 3 heterocycles. The SMILES string of the molecule is Clc1cnc2oc(C3CCCN3)nc2c1. The van der Waals surface area contributed by atoms with E-state index < -0.39 is 0 Å².